The minimum atomic E-state index is -1.55. The van der Waals surface area contributed by atoms with Gasteiger partial charge in [-0.3, -0.25) is 34.8 Å². The third-order valence-corrected chi connectivity index (χ3v) is 6.76. The van der Waals surface area contributed by atoms with Crippen LogP contribution >= 0.6 is 0 Å². The molecule has 7 amide bonds. The van der Waals surface area contributed by atoms with E-state index in [1.165, 1.54) is 31.2 Å². The molecule has 180 valence electrons. The summed E-state index contributed by atoms with van der Waals surface area (Å²) in [6, 6.07) is 3.48. The van der Waals surface area contributed by atoms with Gasteiger partial charge in [0.05, 0.1) is 4.92 Å². The van der Waals surface area contributed by atoms with Crippen LogP contribution < -0.4 is 16.1 Å². The Kier molecular flexibility index (Phi) is 5.50. The quantitative estimate of drug-likeness (QED) is 0.324. The van der Waals surface area contributed by atoms with Crippen molar-refractivity contribution in [1.82, 2.24) is 26.0 Å². The Hall–Kier alpha value is -4.03. The number of nitrogens with one attached hydrogen (secondary N) is 3. The van der Waals surface area contributed by atoms with Gasteiger partial charge in [0, 0.05) is 12.1 Å². The van der Waals surface area contributed by atoms with E-state index in [-0.39, 0.29) is 5.69 Å². The summed E-state index contributed by atoms with van der Waals surface area (Å²) in [6.07, 6.45) is 2.45. The summed E-state index contributed by atoms with van der Waals surface area (Å²) in [5.41, 5.74) is -0.283. The number of imide groups is 2. The average molecular weight is 472 g/mol. The Morgan fingerprint density at radius 3 is 2.29 bits per heavy atom. The first-order valence-corrected chi connectivity index (χ1v) is 10.8. The monoisotopic (exact) mass is 472 g/mol. The molecular weight excluding hydrogens is 448 g/mol. The van der Waals surface area contributed by atoms with Gasteiger partial charge in [-0.2, -0.15) is 5.01 Å². The Morgan fingerprint density at radius 2 is 1.71 bits per heavy atom. The molecule has 3 N–H and O–H groups in total. The van der Waals surface area contributed by atoms with Gasteiger partial charge in [0.25, 0.3) is 23.4 Å². The summed E-state index contributed by atoms with van der Waals surface area (Å²) in [5, 5.41) is 16.6. The number of nitro benzene ring substituents is 1. The van der Waals surface area contributed by atoms with Crippen LogP contribution in [-0.2, 0) is 19.9 Å². The summed E-state index contributed by atoms with van der Waals surface area (Å²) < 4.78 is 0. The second kappa shape index (κ2) is 8.08. The molecule has 3 fully saturated rings. The van der Waals surface area contributed by atoms with Crippen molar-refractivity contribution in [1.29, 1.82) is 0 Å². The maximum Gasteiger partial charge on any atom is 0.344 e. The molecule has 2 saturated heterocycles. The lowest BCUT2D eigenvalue weighted by atomic mass is 9.77. The van der Waals surface area contributed by atoms with Crippen LogP contribution in [0.4, 0.5) is 15.3 Å². The number of nitro groups is 1. The molecule has 0 aromatic heterocycles. The lowest BCUT2D eigenvalue weighted by Crippen LogP contribution is -2.53. The topological polar surface area (TPSA) is 171 Å². The summed E-state index contributed by atoms with van der Waals surface area (Å²) in [4.78, 5) is 74.3. The van der Waals surface area contributed by atoms with E-state index < -0.39 is 52.3 Å². The van der Waals surface area contributed by atoms with E-state index in [0.717, 1.165) is 12.8 Å². The highest BCUT2D eigenvalue weighted by molar-refractivity contribution is 6.10. The number of non-ortho nitro benzene ring substituents is 1. The number of carbonyl (C=O) groups excluding carboxylic acids is 5. The van der Waals surface area contributed by atoms with E-state index in [2.05, 4.69) is 23.0 Å². The second-order valence-electron chi connectivity index (χ2n) is 9.12. The van der Waals surface area contributed by atoms with Gasteiger partial charge in [0.2, 0.25) is 0 Å². The minimum Gasteiger partial charge on any atom is -0.322 e. The maximum absolute atomic E-state index is 13.0. The van der Waals surface area contributed by atoms with E-state index in [0.29, 0.717) is 34.2 Å². The van der Waals surface area contributed by atoms with Gasteiger partial charge in [-0.15, -0.1) is 0 Å². The molecule has 1 aromatic carbocycles. The Bertz CT molecular complexity index is 1100. The molecule has 2 heterocycles. The fourth-order valence-corrected chi connectivity index (χ4v) is 4.57. The van der Waals surface area contributed by atoms with Gasteiger partial charge in [-0.25, -0.2) is 9.59 Å². The van der Waals surface area contributed by atoms with E-state index in [1.807, 2.05) is 0 Å². The first kappa shape index (κ1) is 23.1. The van der Waals surface area contributed by atoms with Crippen LogP contribution in [-0.4, -0.2) is 56.7 Å². The molecule has 1 unspecified atom stereocenters. The lowest BCUT2D eigenvalue weighted by molar-refractivity contribution is -0.384. The SMILES string of the molecule is CC1CCC2(CC1)NC(=O)N(NC(=O)CN1C(=O)NC(C)(c3ccc([N+](=O)[O-])cc3)C1=O)C2=O. The van der Waals surface area contributed by atoms with Gasteiger partial charge in [0.15, 0.2) is 0 Å². The molecule has 34 heavy (non-hydrogen) atoms. The van der Waals surface area contributed by atoms with Gasteiger partial charge in [0.1, 0.15) is 17.6 Å². The fraction of sp³-hybridized carbons (Fsp3) is 0.476. The highest BCUT2D eigenvalue weighted by Gasteiger charge is 2.54. The largest absolute Gasteiger partial charge is 0.344 e. The lowest BCUT2D eigenvalue weighted by Gasteiger charge is -2.33. The number of carbonyl (C=O) groups is 5. The van der Waals surface area contributed by atoms with E-state index in [4.69, 9.17) is 0 Å². The van der Waals surface area contributed by atoms with Crippen molar-refractivity contribution < 1.29 is 28.9 Å². The number of hydrazine groups is 1. The van der Waals surface area contributed by atoms with Crippen LogP contribution in [0.15, 0.2) is 24.3 Å². The predicted octanol–water partition coefficient (Wildman–Crippen LogP) is 0.894. The number of nitrogens with zero attached hydrogens (tertiary/aromatic N) is 3. The number of rotatable bonds is 5. The Balaban J connectivity index is 1.44. The van der Waals surface area contributed by atoms with Crippen molar-refractivity contribution in [3.05, 3.63) is 39.9 Å². The summed E-state index contributed by atoms with van der Waals surface area (Å²) in [6.45, 7) is 2.75. The summed E-state index contributed by atoms with van der Waals surface area (Å²) in [5.74, 6) is -1.79. The standard InChI is InChI=1S/C21H24N6O7/c1-12-7-9-21(10-8-12)17(30)26(19(32)23-21)24-15(28)11-25-16(29)20(2,22-18(25)31)13-3-5-14(6-4-13)27(33)34/h3-6,12H,7-11H2,1-2H3,(H,22,31)(H,23,32)(H,24,28). The molecule has 1 aliphatic carbocycles. The Morgan fingerprint density at radius 1 is 1.09 bits per heavy atom. The number of hydrogen-bond acceptors (Lipinski definition) is 7. The molecule has 1 aromatic rings. The van der Waals surface area contributed by atoms with E-state index >= 15 is 0 Å². The predicted molar refractivity (Wildman–Crippen MR) is 115 cm³/mol. The molecule has 13 nitrogen and oxygen atoms in total. The zero-order valence-electron chi connectivity index (χ0n) is 18.6. The van der Waals surface area contributed by atoms with Gasteiger partial charge in [-0.05, 0) is 56.2 Å². The van der Waals surface area contributed by atoms with Gasteiger partial charge >= 0.3 is 12.1 Å². The van der Waals surface area contributed by atoms with Gasteiger partial charge in [-0.1, -0.05) is 6.92 Å². The molecule has 4 rings (SSSR count). The van der Waals surface area contributed by atoms with Crippen LogP contribution in [0, 0.1) is 16.0 Å². The number of benzene rings is 1. The summed E-state index contributed by atoms with van der Waals surface area (Å²) >= 11 is 0. The zero-order valence-corrected chi connectivity index (χ0v) is 18.6. The normalized spacial score (nSPS) is 28.8. The molecule has 3 aliphatic rings. The highest BCUT2D eigenvalue weighted by atomic mass is 16.6. The molecule has 1 atom stereocenters. The summed E-state index contributed by atoms with van der Waals surface area (Å²) in [7, 11) is 0. The minimum absolute atomic E-state index is 0.181. The second-order valence-corrected chi connectivity index (χ2v) is 9.12. The first-order chi connectivity index (χ1) is 16.0. The van der Waals surface area contributed by atoms with Crippen LogP contribution in [0.5, 0.6) is 0 Å². The number of urea groups is 2. The van der Waals surface area contributed by atoms with Crippen LogP contribution in [0.3, 0.4) is 0 Å². The van der Waals surface area contributed by atoms with Crippen LogP contribution in [0.1, 0.15) is 45.1 Å². The van der Waals surface area contributed by atoms with Crippen molar-refractivity contribution >= 4 is 35.5 Å². The smallest absolute Gasteiger partial charge is 0.322 e. The third-order valence-electron chi connectivity index (χ3n) is 6.76. The zero-order chi connectivity index (χ0) is 24.8. The van der Waals surface area contributed by atoms with Crippen molar-refractivity contribution in [2.24, 2.45) is 5.92 Å². The van der Waals surface area contributed by atoms with Crippen molar-refractivity contribution in [2.75, 3.05) is 6.54 Å². The third kappa shape index (κ3) is 3.72. The molecule has 1 spiro atoms. The molecule has 0 bridgehead atoms. The molecular formula is C21H24N6O7. The van der Waals surface area contributed by atoms with Crippen LogP contribution in [0.25, 0.3) is 0 Å². The number of hydrogen-bond donors (Lipinski definition) is 3. The number of amides is 7. The average Bonchev–Trinajstić information content (AvgIpc) is 3.15. The molecule has 1 saturated carbocycles. The molecule has 13 heteroatoms. The first-order valence-electron chi connectivity index (χ1n) is 10.8. The van der Waals surface area contributed by atoms with Crippen molar-refractivity contribution in [2.45, 2.75) is 50.6 Å². The fourth-order valence-electron chi connectivity index (χ4n) is 4.57. The van der Waals surface area contributed by atoms with Crippen molar-refractivity contribution in [3.63, 3.8) is 0 Å². The Labute approximate surface area is 193 Å². The molecule has 2 aliphatic heterocycles. The highest BCUT2D eigenvalue weighted by Crippen LogP contribution is 2.36. The van der Waals surface area contributed by atoms with Crippen molar-refractivity contribution in [3.8, 4) is 0 Å². The molecule has 0 radical (unpaired) electrons. The van der Waals surface area contributed by atoms with Crippen LogP contribution in [0.2, 0.25) is 0 Å². The van der Waals surface area contributed by atoms with E-state index in [9.17, 15) is 34.1 Å². The van der Waals surface area contributed by atoms with Gasteiger partial charge < -0.3 is 10.6 Å². The van der Waals surface area contributed by atoms with E-state index in [1.54, 1.807) is 0 Å². The maximum atomic E-state index is 13.0.